The summed E-state index contributed by atoms with van der Waals surface area (Å²) in [5.74, 6) is -1.25. The van der Waals surface area contributed by atoms with Gasteiger partial charge in [-0.3, -0.25) is 0 Å². The Labute approximate surface area is 114 Å². The van der Waals surface area contributed by atoms with Crippen molar-refractivity contribution in [1.29, 1.82) is 0 Å². The number of carboxylic acid groups (broad SMARTS) is 1. The number of fused-ring (bicyclic) bond motifs is 1. The average Bonchev–Trinajstić information content (AvgIpc) is 2.76. The molecule has 0 aliphatic carbocycles. The number of rotatable bonds is 2. The number of aromatic nitrogens is 1. The lowest BCUT2D eigenvalue weighted by molar-refractivity contribution is 0.0687. The van der Waals surface area contributed by atoms with Gasteiger partial charge in [0.2, 0.25) is 0 Å². The molecule has 4 heteroatoms. The molecule has 0 aliphatic rings. The van der Waals surface area contributed by atoms with Gasteiger partial charge in [0, 0.05) is 18.0 Å². The van der Waals surface area contributed by atoms with E-state index >= 15 is 0 Å². The molecule has 0 atom stereocenters. The van der Waals surface area contributed by atoms with E-state index in [1.807, 2.05) is 24.3 Å². The van der Waals surface area contributed by atoms with Crippen LogP contribution in [-0.2, 0) is 7.05 Å². The number of hydrogen-bond donors (Lipinski definition) is 1. The third-order valence-electron chi connectivity index (χ3n) is 3.42. The lowest BCUT2D eigenvalue weighted by Gasteiger charge is -2.03. The van der Waals surface area contributed by atoms with Crippen LogP contribution in [0.5, 0.6) is 0 Å². The van der Waals surface area contributed by atoms with Crippen LogP contribution in [0.1, 0.15) is 10.5 Å². The number of halogens is 1. The van der Waals surface area contributed by atoms with E-state index in [1.165, 1.54) is 12.1 Å². The SMILES string of the molecule is Cn1c(C(=O)O)cc2cc(-c3cccc(F)c3)ccc21. The Morgan fingerprint density at radius 3 is 2.55 bits per heavy atom. The van der Waals surface area contributed by atoms with Crippen LogP contribution < -0.4 is 0 Å². The van der Waals surface area contributed by atoms with E-state index in [-0.39, 0.29) is 11.5 Å². The molecule has 2 aromatic carbocycles. The third kappa shape index (κ3) is 1.95. The molecule has 0 saturated heterocycles. The maximum Gasteiger partial charge on any atom is 0.352 e. The van der Waals surface area contributed by atoms with E-state index in [2.05, 4.69) is 0 Å². The van der Waals surface area contributed by atoms with E-state index in [0.717, 1.165) is 22.0 Å². The molecule has 1 N–H and O–H groups in total. The highest BCUT2D eigenvalue weighted by Gasteiger charge is 2.12. The van der Waals surface area contributed by atoms with E-state index in [1.54, 1.807) is 23.7 Å². The second-order valence-corrected chi connectivity index (χ2v) is 4.68. The standard InChI is InChI=1S/C16H12FNO2/c1-18-14-6-5-11(10-3-2-4-13(17)8-10)7-12(14)9-15(18)16(19)20/h2-9H,1H3,(H,19,20). The number of benzene rings is 2. The van der Waals surface area contributed by atoms with Crippen molar-refractivity contribution in [1.82, 2.24) is 4.57 Å². The van der Waals surface area contributed by atoms with Crippen molar-refractivity contribution in [3.8, 4) is 11.1 Å². The molecule has 0 bridgehead atoms. The van der Waals surface area contributed by atoms with Gasteiger partial charge in [-0.2, -0.15) is 0 Å². The van der Waals surface area contributed by atoms with Crippen LogP contribution in [0.4, 0.5) is 4.39 Å². The first-order chi connectivity index (χ1) is 9.56. The molecule has 3 aromatic rings. The van der Waals surface area contributed by atoms with Gasteiger partial charge in [-0.1, -0.05) is 18.2 Å². The van der Waals surface area contributed by atoms with Gasteiger partial charge in [0.05, 0.1) is 0 Å². The molecule has 0 aliphatic heterocycles. The van der Waals surface area contributed by atoms with Crippen LogP contribution in [0.2, 0.25) is 0 Å². The number of aryl methyl sites for hydroxylation is 1. The molecule has 1 heterocycles. The average molecular weight is 269 g/mol. The lowest BCUT2D eigenvalue weighted by Crippen LogP contribution is -2.03. The third-order valence-corrected chi connectivity index (χ3v) is 3.42. The molecule has 3 nitrogen and oxygen atoms in total. The van der Waals surface area contributed by atoms with E-state index in [4.69, 9.17) is 5.11 Å². The summed E-state index contributed by atoms with van der Waals surface area (Å²) in [6.07, 6.45) is 0. The van der Waals surface area contributed by atoms with Crippen molar-refractivity contribution in [2.45, 2.75) is 0 Å². The van der Waals surface area contributed by atoms with Gasteiger partial charge in [-0.15, -0.1) is 0 Å². The Morgan fingerprint density at radius 2 is 1.85 bits per heavy atom. The summed E-state index contributed by atoms with van der Waals surface area (Å²) in [6.45, 7) is 0. The maximum absolute atomic E-state index is 13.3. The molecule has 0 fully saturated rings. The topological polar surface area (TPSA) is 42.2 Å². The Morgan fingerprint density at radius 1 is 1.10 bits per heavy atom. The summed E-state index contributed by atoms with van der Waals surface area (Å²) in [5.41, 5.74) is 2.70. The first-order valence-electron chi connectivity index (χ1n) is 6.15. The number of nitrogens with zero attached hydrogens (tertiary/aromatic N) is 1. The minimum atomic E-state index is -0.962. The summed E-state index contributed by atoms with van der Waals surface area (Å²) >= 11 is 0. The van der Waals surface area contributed by atoms with Crippen LogP contribution in [-0.4, -0.2) is 15.6 Å². The minimum Gasteiger partial charge on any atom is -0.477 e. The molecule has 3 rings (SSSR count). The van der Waals surface area contributed by atoms with E-state index in [9.17, 15) is 9.18 Å². The van der Waals surface area contributed by atoms with Crippen molar-refractivity contribution < 1.29 is 14.3 Å². The Bertz CT molecular complexity index is 820. The molecule has 0 spiro atoms. The van der Waals surface area contributed by atoms with Crippen molar-refractivity contribution >= 4 is 16.9 Å². The fraction of sp³-hybridized carbons (Fsp3) is 0.0625. The zero-order chi connectivity index (χ0) is 14.3. The van der Waals surface area contributed by atoms with Gasteiger partial charge < -0.3 is 9.67 Å². The monoisotopic (exact) mass is 269 g/mol. The number of carboxylic acids is 1. The Kier molecular flexibility index (Phi) is 2.79. The predicted molar refractivity (Wildman–Crippen MR) is 75.3 cm³/mol. The van der Waals surface area contributed by atoms with Gasteiger partial charge in [0.15, 0.2) is 0 Å². The summed E-state index contributed by atoms with van der Waals surface area (Å²) in [5, 5.41) is 9.94. The first-order valence-corrected chi connectivity index (χ1v) is 6.15. The highest BCUT2D eigenvalue weighted by molar-refractivity contribution is 5.96. The molecular weight excluding hydrogens is 257 g/mol. The minimum absolute atomic E-state index is 0.233. The second kappa shape index (κ2) is 4.49. The van der Waals surface area contributed by atoms with E-state index < -0.39 is 5.97 Å². The van der Waals surface area contributed by atoms with Crippen molar-refractivity contribution in [3.63, 3.8) is 0 Å². The van der Waals surface area contributed by atoms with Crippen molar-refractivity contribution in [2.75, 3.05) is 0 Å². The normalized spacial score (nSPS) is 10.9. The van der Waals surface area contributed by atoms with Crippen LogP contribution >= 0.6 is 0 Å². The summed E-state index contributed by atoms with van der Waals surface area (Å²) in [7, 11) is 1.72. The maximum atomic E-state index is 13.3. The second-order valence-electron chi connectivity index (χ2n) is 4.68. The summed E-state index contributed by atoms with van der Waals surface area (Å²) in [4.78, 5) is 11.1. The van der Waals surface area contributed by atoms with Crippen LogP contribution in [0, 0.1) is 5.82 Å². The quantitative estimate of drug-likeness (QED) is 0.771. The van der Waals surface area contributed by atoms with Gasteiger partial charge in [-0.05, 0) is 41.5 Å². The largest absolute Gasteiger partial charge is 0.477 e. The van der Waals surface area contributed by atoms with Crippen molar-refractivity contribution in [3.05, 3.63) is 60.0 Å². The molecule has 1 aromatic heterocycles. The van der Waals surface area contributed by atoms with E-state index in [0.29, 0.717) is 0 Å². The lowest BCUT2D eigenvalue weighted by atomic mass is 10.0. The fourth-order valence-electron chi connectivity index (χ4n) is 2.40. The zero-order valence-electron chi connectivity index (χ0n) is 10.8. The van der Waals surface area contributed by atoms with Gasteiger partial charge >= 0.3 is 5.97 Å². The predicted octanol–water partition coefficient (Wildman–Crippen LogP) is 3.68. The highest BCUT2D eigenvalue weighted by Crippen LogP contribution is 2.26. The van der Waals surface area contributed by atoms with Crippen LogP contribution in [0.15, 0.2) is 48.5 Å². The molecule has 0 unspecified atom stereocenters. The smallest absolute Gasteiger partial charge is 0.352 e. The first kappa shape index (κ1) is 12.4. The Hall–Kier alpha value is -2.62. The number of carbonyl (C=O) groups is 1. The molecular formula is C16H12FNO2. The Balaban J connectivity index is 2.18. The summed E-state index contributed by atoms with van der Waals surface area (Å²) in [6, 6.07) is 13.5. The zero-order valence-corrected chi connectivity index (χ0v) is 10.8. The van der Waals surface area contributed by atoms with Crippen molar-refractivity contribution in [2.24, 2.45) is 7.05 Å². The highest BCUT2D eigenvalue weighted by atomic mass is 19.1. The summed E-state index contributed by atoms with van der Waals surface area (Å²) < 4.78 is 14.9. The fourth-order valence-corrected chi connectivity index (χ4v) is 2.40. The molecule has 100 valence electrons. The van der Waals surface area contributed by atoms with Gasteiger partial charge in [0.1, 0.15) is 11.5 Å². The molecule has 0 amide bonds. The van der Waals surface area contributed by atoms with Gasteiger partial charge in [0.25, 0.3) is 0 Å². The number of aromatic carboxylic acids is 1. The molecule has 20 heavy (non-hydrogen) atoms. The van der Waals surface area contributed by atoms with Crippen LogP contribution in [0.25, 0.3) is 22.0 Å². The molecule has 0 radical (unpaired) electrons. The van der Waals surface area contributed by atoms with Gasteiger partial charge in [-0.25, -0.2) is 9.18 Å². The molecule has 0 saturated carbocycles. The van der Waals surface area contributed by atoms with Crippen LogP contribution in [0.3, 0.4) is 0 Å². The number of hydrogen-bond acceptors (Lipinski definition) is 1.